The van der Waals surface area contributed by atoms with E-state index in [4.69, 9.17) is 4.74 Å². The van der Waals surface area contributed by atoms with Crippen LogP contribution in [0.4, 0.5) is 5.69 Å². The number of nitrogens with one attached hydrogen (secondary N) is 1. The maximum atomic E-state index is 12.7. The van der Waals surface area contributed by atoms with Gasteiger partial charge in [-0.15, -0.1) is 0 Å². The molecule has 0 atom stereocenters. The van der Waals surface area contributed by atoms with E-state index < -0.39 is 14.9 Å². The van der Waals surface area contributed by atoms with Crippen LogP contribution in [0.25, 0.3) is 6.08 Å². The van der Waals surface area contributed by atoms with Crippen molar-refractivity contribution >= 4 is 37.7 Å². The molecule has 0 aliphatic heterocycles. The van der Waals surface area contributed by atoms with Gasteiger partial charge in [0.05, 0.1) is 5.69 Å². The van der Waals surface area contributed by atoms with E-state index in [0.29, 0.717) is 17.1 Å². The second-order valence-corrected chi connectivity index (χ2v) is 8.26. The number of benzene rings is 3. The number of anilines is 1. The van der Waals surface area contributed by atoms with E-state index in [-0.39, 0.29) is 5.69 Å². The summed E-state index contributed by atoms with van der Waals surface area (Å²) in [5.74, 6) is 0.901. The number of halogens is 1. The second-order valence-electron chi connectivity index (χ2n) is 5.69. The van der Waals surface area contributed by atoms with Crippen LogP contribution in [-0.4, -0.2) is 8.42 Å². The summed E-state index contributed by atoms with van der Waals surface area (Å²) in [7, 11) is -4.09. The summed E-state index contributed by atoms with van der Waals surface area (Å²) in [6, 6.07) is 24.4. The number of allylic oxidation sites excluding steroid dienone is 1. The topological polar surface area (TPSA) is 79.2 Å². The number of nitriles is 1. The van der Waals surface area contributed by atoms with Crippen LogP contribution in [0.1, 0.15) is 5.56 Å². The molecule has 0 spiro atoms. The third-order valence-corrected chi connectivity index (χ3v) is 5.48. The first-order valence-corrected chi connectivity index (χ1v) is 10.5. The Labute approximate surface area is 172 Å². The second kappa shape index (κ2) is 8.74. The molecule has 0 saturated carbocycles. The van der Waals surface area contributed by atoms with Crippen molar-refractivity contribution in [3.8, 4) is 17.6 Å². The van der Waals surface area contributed by atoms with Crippen LogP contribution in [0.15, 0.2) is 88.2 Å². The van der Waals surface area contributed by atoms with Gasteiger partial charge in [0, 0.05) is 4.47 Å². The van der Waals surface area contributed by atoms with E-state index in [1.165, 1.54) is 6.08 Å². The predicted molar refractivity (Wildman–Crippen MR) is 113 cm³/mol. The van der Waals surface area contributed by atoms with Crippen molar-refractivity contribution < 1.29 is 13.2 Å². The zero-order valence-corrected chi connectivity index (χ0v) is 16.9. The van der Waals surface area contributed by atoms with Crippen molar-refractivity contribution in [2.24, 2.45) is 0 Å². The molecule has 0 fully saturated rings. The average molecular weight is 455 g/mol. The molecule has 0 heterocycles. The molecule has 0 aliphatic carbocycles. The van der Waals surface area contributed by atoms with Gasteiger partial charge in [0.2, 0.25) is 0 Å². The molecule has 0 saturated heterocycles. The van der Waals surface area contributed by atoms with Gasteiger partial charge in [-0.2, -0.15) is 5.26 Å². The summed E-state index contributed by atoms with van der Waals surface area (Å²) in [5, 5.41) is 9.38. The van der Waals surface area contributed by atoms with Crippen molar-refractivity contribution in [2.75, 3.05) is 4.72 Å². The molecule has 1 N–H and O–H groups in total. The minimum atomic E-state index is -4.09. The maximum absolute atomic E-state index is 12.7. The zero-order chi connectivity index (χ0) is 20.0. The lowest BCUT2D eigenvalue weighted by molar-refractivity contribution is 0.485. The molecule has 3 rings (SSSR count). The average Bonchev–Trinajstić information content (AvgIpc) is 2.69. The standard InChI is InChI=1S/C21H15BrN2O3S/c22-17-12-10-16(11-13-17)14-19(15-23)28(25,26)24-20-8-4-5-9-21(20)27-18-6-2-1-3-7-18/h1-14,24H/b19-14-. The summed E-state index contributed by atoms with van der Waals surface area (Å²) in [6.07, 6.45) is 1.31. The molecule has 0 unspecified atom stereocenters. The Morgan fingerprint density at radius 2 is 1.61 bits per heavy atom. The lowest BCUT2D eigenvalue weighted by atomic mass is 10.2. The fourth-order valence-electron chi connectivity index (χ4n) is 2.34. The Kier molecular flexibility index (Phi) is 6.14. The Morgan fingerprint density at radius 3 is 2.29 bits per heavy atom. The fourth-order valence-corrected chi connectivity index (χ4v) is 3.58. The minimum absolute atomic E-state index is 0.239. The summed E-state index contributed by atoms with van der Waals surface area (Å²) in [6.45, 7) is 0. The molecule has 0 radical (unpaired) electrons. The summed E-state index contributed by atoms with van der Waals surface area (Å²) < 4.78 is 34.5. The molecule has 0 aliphatic rings. The zero-order valence-electron chi connectivity index (χ0n) is 14.5. The highest BCUT2D eigenvalue weighted by Crippen LogP contribution is 2.31. The predicted octanol–water partition coefficient (Wildman–Crippen LogP) is 5.55. The molecule has 7 heteroatoms. The minimum Gasteiger partial charge on any atom is -0.455 e. The Bertz CT molecular complexity index is 1140. The summed E-state index contributed by atoms with van der Waals surface area (Å²) in [4.78, 5) is -0.399. The molecule has 0 bridgehead atoms. The van der Waals surface area contributed by atoms with E-state index in [2.05, 4.69) is 20.7 Å². The van der Waals surface area contributed by atoms with Gasteiger partial charge < -0.3 is 4.74 Å². The number of para-hydroxylation sites is 3. The first-order chi connectivity index (χ1) is 13.5. The molecular formula is C21H15BrN2O3S. The van der Waals surface area contributed by atoms with Gasteiger partial charge in [0.25, 0.3) is 10.0 Å². The van der Waals surface area contributed by atoms with E-state index in [0.717, 1.165) is 4.47 Å². The van der Waals surface area contributed by atoms with Crippen LogP contribution in [0.3, 0.4) is 0 Å². The number of rotatable bonds is 6. The van der Waals surface area contributed by atoms with Crippen molar-refractivity contribution in [2.45, 2.75) is 0 Å². The molecule has 140 valence electrons. The molecule has 3 aromatic carbocycles. The number of hydrogen-bond acceptors (Lipinski definition) is 4. The van der Waals surface area contributed by atoms with E-state index >= 15 is 0 Å². The highest BCUT2D eigenvalue weighted by Gasteiger charge is 2.20. The van der Waals surface area contributed by atoms with Crippen molar-refractivity contribution in [1.82, 2.24) is 0 Å². The summed E-state index contributed by atoms with van der Waals surface area (Å²) >= 11 is 3.32. The number of ether oxygens (including phenoxy) is 1. The molecule has 3 aromatic rings. The Hall–Kier alpha value is -3.08. The third-order valence-electron chi connectivity index (χ3n) is 3.67. The molecule has 0 amide bonds. The van der Waals surface area contributed by atoms with Crippen LogP contribution in [0.2, 0.25) is 0 Å². The molecular weight excluding hydrogens is 440 g/mol. The van der Waals surface area contributed by atoms with Gasteiger partial charge in [-0.3, -0.25) is 4.72 Å². The first-order valence-electron chi connectivity index (χ1n) is 8.20. The van der Waals surface area contributed by atoms with Gasteiger partial charge in [0.1, 0.15) is 11.8 Å². The lowest BCUT2D eigenvalue weighted by Crippen LogP contribution is -2.14. The fraction of sp³-hybridized carbons (Fsp3) is 0. The number of sulfonamides is 1. The highest BCUT2D eigenvalue weighted by atomic mass is 79.9. The third kappa shape index (κ3) is 5.00. The monoisotopic (exact) mass is 454 g/mol. The number of nitrogens with zero attached hydrogens (tertiary/aromatic N) is 1. The van der Waals surface area contributed by atoms with Crippen LogP contribution in [0.5, 0.6) is 11.5 Å². The van der Waals surface area contributed by atoms with Crippen molar-refractivity contribution in [3.63, 3.8) is 0 Å². The van der Waals surface area contributed by atoms with Crippen LogP contribution >= 0.6 is 15.9 Å². The van der Waals surface area contributed by atoms with E-state index in [1.807, 2.05) is 18.2 Å². The van der Waals surface area contributed by atoms with Crippen LogP contribution in [-0.2, 0) is 10.0 Å². The lowest BCUT2D eigenvalue weighted by Gasteiger charge is -2.13. The molecule has 28 heavy (non-hydrogen) atoms. The number of hydrogen-bond donors (Lipinski definition) is 1. The molecule has 5 nitrogen and oxygen atoms in total. The SMILES string of the molecule is N#C/C(=C/c1ccc(Br)cc1)S(=O)(=O)Nc1ccccc1Oc1ccccc1. The quantitative estimate of drug-likeness (QED) is 0.495. The maximum Gasteiger partial charge on any atom is 0.272 e. The van der Waals surface area contributed by atoms with E-state index in [9.17, 15) is 13.7 Å². The highest BCUT2D eigenvalue weighted by molar-refractivity contribution is 9.10. The molecule has 0 aromatic heterocycles. The first kappa shape index (κ1) is 19.7. The van der Waals surface area contributed by atoms with Gasteiger partial charge in [-0.1, -0.05) is 58.4 Å². The van der Waals surface area contributed by atoms with Gasteiger partial charge in [-0.25, -0.2) is 8.42 Å². The van der Waals surface area contributed by atoms with Gasteiger partial charge in [0.15, 0.2) is 10.7 Å². The van der Waals surface area contributed by atoms with Crippen molar-refractivity contribution in [1.29, 1.82) is 5.26 Å². The smallest absolute Gasteiger partial charge is 0.272 e. The van der Waals surface area contributed by atoms with Crippen LogP contribution in [0, 0.1) is 11.3 Å². The van der Waals surface area contributed by atoms with Crippen LogP contribution < -0.4 is 9.46 Å². The largest absolute Gasteiger partial charge is 0.455 e. The van der Waals surface area contributed by atoms with Gasteiger partial charge >= 0.3 is 0 Å². The van der Waals surface area contributed by atoms with Gasteiger partial charge in [-0.05, 0) is 48.0 Å². The Morgan fingerprint density at radius 1 is 0.964 bits per heavy atom. The summed E-state index contributed by atoms with van der Waals surface area (Å²) in [5.41, 5.74) is 0.835. The van der Waals surface area contributed by atoms with E-state index in [1.54, 1.807) is 66.7 Å². The van der Waals surface area contributed by atoms with Crippen molar-refractivity contribution in [3.05, 3.63) is 93.8 Å². The Balaban J connectivity index is 1.89. The normalized spacial score (nSPS) is 11.5.